The van der Waals surface area contributed by atoms with Crippen molar-refractivity contribution in [2.75, 3.05) is 30.8 Å². The van der Waals surface area contributed by atoms with Crippen molar-refractivity contribution in [3.8, 4) is 0 Å². The molecule has 0 radical (unpaired) electrons. The number of ether oxygens (including phenoxy) is 1. The minimum absolute atomic E-state index is 0.168. The second-order valence-corrected chi connectivity index (χ2v) is 4.47. The Hall–Kier alpha value is -1.36. The number of rotatable bonds is 6. The van der Waals surface area contributed by atoms with Gasteiger partial charge in [0.2, 0.25) is 5.95 Å². The second-order valence-electron chi connectivity index (χ2n) is 4.47. The molecule has 1 rings (SSSR count). The number of nitrogens with two attached hydrogens (primary N) is 1. The van der Waals surface area contributed by atoms with Crippen molar-refractivity contribution in [3.63, 3.8) is 0 Å². The first-order valence-corrected chi connectivity index (χ1v) is 6.45. The molecule has 2 N–H and O–H groups in total. The molecular formula is C13H24N4O. The first-order valence-electron chi connectivity index (χ1n) is 6.45. The van der Waals surface area contributed by atoms with E-state index in [9.17, 15) is 0 Å². The van der Waals surface area contributed by atoms with Crippen LogP contribution in [0.2, 0.25) is 0 Å². The predicted molar refractivity (Wildman–Crippen MR) is 74.9 cm³/mol. The van der Waals surface area contributed by atoms with E-state index in [2.05, 4.69) is 28.7 Å². The molecule has 1 heterocycles. The van der Waals surface area contributed by atoms with Gasteiger partial charge in [0, 0.05) is 31.5 Å². The molecule has 102 valence electrons. The van der Waals surface area contributed by atoms with Crippen LogP contribution in [-0.2, 0) is 11.2 Å². The molecule has 5 nitrogen and oxygen atoms in total. The van der Waals surface area contributed by atoms with E-state index in [1.165, 1.54) is 0 Å². The second kappa shape index (κ2) is 6.54. The molecule has 0 saturated heterocycles. The van der Waals surface area contributed by atoms with Crippen molar-refractivity contribution in [1.82, 2.24) is 9.97 Å². The molecule has 0 aromatic carbocycles. The van der Waals surface area contributed by atoms with E-state index < -0.39 is 0 Å². The van der Waals surface area contributed by atoms with Crippen molar-refractivity contribution >= 4 is 11.8 Å². The lowest BCUT2D eigenvalue weighted by Crippen LogP contribution is -2.31. The van der Waals surface area contributed by atoms with Crippen LogP contribution in [-0.4, -0.2) is 36.3 Å². The Morgan fingerprint density at radius 2 is 2.00 bits per heavy atom. The van der Waals surface area contributed by atoms with Crippen molar-refractivity contribution in [2.24, 2.45) is 0 Å². The van der Waals surface area contributed by atoms with Crippen LogP contribution in [0, 0.1) is 6.92 Å². The van der Waals surface area contributed by atoms with E-state index in [0.717, 1.165) is 36.6 Å². The zero-order valence-electron chi connectivity index (χ0n) is 12.0. The van der Waals surface area contributed by atoms with Crippen LogP contribution in [0.5, 0.6) is 0 Å². The van der Waals surface area contributed by atoms with Crippen LogP contribution in [0.15, 0.2) is 0 Å². The number of hydrogen-bond acceptors (Lipinski definition) is 5. The molecule has 0 aliphatic heterocycles. The zero-order chi connectivity index (χ0) is 13.7. The van der Waals surface area contributed by atoms with Gasteiger partial charge in [-0.15, -0.1) is 0 Å². The number of hydrogen-bond donors (Lipinski definition) is 1. The van der Waals surface area contributed by atoms with Crippen molar-refractivity contribution in [3.05, 3.63) is 11.3 Å². The van der Waals surface area contributed by atoms with Crippen LogP contribution in [0.25, 0.3) is 0 Å². The molecule has 5 heteroatoms. The molecule has 0 aliphatic rings. The minimum Gasteiger partial charge on any atom is -0.377 e. The molecule has 0 spiro atoms. The Labute approximate surface area is 109 Å². The highest BCUT2D eigenvalue weighted by molar-refractivity contribution is 5.51. The number of nitrogens with zero attached hydrogens (tertiary/aromatic N) is 3. The molecule has 18 heavy (non-hydrogen) atoms. The largest absolute Gasteiger partial charge is 0.377 e. The first-order chi connectivity index (χ1) is 8.49. The highest BCUT2D eigenvalue weighted by Crippen LogP contribution is 2.21. The standard InChI is InChI=1S/C13H24N4O/c1-6-11-10(4)15-13(14)16-12(11)17(5)8-9(3)18-7-2/h9H,6-8H2,1-5H3,(H2,14,15,16)/t9-/m1/s1. The molecule has 0 amide bonds. The highest BCUT2D eigenvalue weighted by atomic mass is 16.5. The summed E-state index contributed by atoms with van der Waals surface area (Å²) in [5, 5.41) is 0. The highest BCUT2D eigenvalue weighted by Gasteiger charge is 2.15. The summed E-state index contributed by atoms with van der Waals surface area (Å²) in [6.07, 6.45) is 1.07. The average Bonchev–Trinajstić information content (AvgIpc) is 2.28. The van der Waals surface area contributed by atoms with E-state index in [1.54, 1.807) is 0 Å². The van der Waals surface area contributed by atoms with Crippen LogP contribution < -0.4 is 10.6 Å². The number of likely N-dealkylation sites (N-methyl/N-ethyl adjacent to an activating group) is 1. The van der Waals surface area contributed by atoms with Gasteiger partial charge in [-0.2, -0.15) is 4.98 Å². The molecule has 1 aromatic rings. The molecule has 1 atom stereocenters. The maximum atomic E-state index is 5.73. The normalized spacial score (nSPS) is 12.5. The quantitative estimate of drug-likeness (QED) is 0.836. The number of nitrogen functional groups attached to an aromatic ring is 1. The lowest BCUT2D eigenvalue weighted by molar-refractivity contribution is 0.0816. The van der Waals surface area contributed by atoms with E-state index in [4.69, 9.17) is 10.5 Å². The predicted octanol–water partition coefficient (Wildman–Crippen LogP) is 1.79. The topological polar surface area (TPSA) is 64.3 Å². The van der Waals surface area contributed by atoms with E-state index in [-0.39, 0.29) is 6.10 Å². The maximum absolute atomic E-state index is 5.73. The van der Waals surface area contributed by atoms with Gasteiger partial charge in [0.25, 0.3) is 0 Å². The van der Waals surface area contributed by atoms with Crippen LogP contribution >= 0.6 is 0 Å². The third-order valence-electron chi connectivity index (χ3n) is 2.91. The summed E-state index contributed by atoms with van der Waals surface area (Å²) in [7, 11) is 2.01. The lowest BCUT2D eigenvalue weighted by Gasteiger charge is -2.25. The van der Waals surface area contributed by atoms with Crippen molar-refractivity contribution in [1.29, 1.82) is 0 Å². The molecular weight excluding hydrogens is 228 g/mol. The zero-order valence-corrected chi connectivity index (χ0v) is 12.0. The van der Waals surface area contributed by atoms with Gasteiger partial charge in [-0.3, -0.25) is 0 Å². The summed E-state index contributed by atoms with van der Waals surface area (Å²) in [5.74, 6) is 1.24. The number of anilines is 2. The SMILES string of the molecule is CCO[C@H](C)CN(C)c1nc(N)nc(C)c1CC. The Bertz CT molecular complexity index is 395. The van der Waals surface area contributed by atoms with E-state index in [1.807, 2.05) is 20.9 Å². The van der Waals surface area contributed by atoms with E-state index >= 15 is 0 Å². The summed E-state index contributed by atoms with van der Waals surface area (Å²) >= 11 is 0. The molecule has 0 unspecified atom stereocenters. The number of aryl methyl sites for hydroxylation is 1. The summed E-state index contributed by atoms with van der Waals surface area (Å²) in [6, 6.07) is 0. The van der Waals surface area contributed by atoms with Gasteiger partial charge in [0.05, 0.1) is 6.10 Å². The smallest absolute Gasteiger partial charge is 0.222 e. The van der Waals surface area contributed by atoms with Crippen LogP contribution in [0.3, 0.4) is 0 Å². The summed E-state index contributed by atoms with van der Waals surface area (Å²) in [5.41, 5.74) is 7.83. The Kier molecular flexibility index (Phi) is 5.34. The first kappa shape index (κ1) is 14.7. The molecule has 1 aromatic heterocycles. The van der Waals surface area contributed by atoms with Gasteiger partial charge >= 0.3 is 0 Å². The van der Waals surface area contributed by atoms with Gasteiger partial charge in [0.15, 0.2) is 0 Å². The number of aromatic nitrogens is 2. The molecule has 0 saturated carbocycles. The monoisotopic (exact) mass is 252 g/mol. The third kappa shape index (κ3) is 3.57. The lowest BCUT2D eigenvalue weighted by atomic mass is 10.1. The van der Waals surface area contributed by atoms with Gasteiger partial charge in [-0.25, -0.2) is 4.98 Å². The molecule has 0 bridgehead atoms. The van der Waals surface area contributed by atoms with Crippen LogP contribution in [0.4, 0.5) is 11.8 Å². The van der Waals surface area contributed by atoms with Gasteiger partial charge < -0.3 is 15.4 Å². The molecule has 0 fully saturated rings. The fourth-order valence-corrected chi connectivity index (χ4v) is 2.14. The average molecular weight is 252 g/mol. The van der Waals surface area contributed by atoms with Gasteiger partial charge in [0.1, 0.15) is 5.82 Å². The summed E-state index contributed by atoms with van der Waals surface area (Å²) in [6.45, 7) is 9.65. The fourth-order valence-electron chi connectivity index (χ4n) is 2.14. The van der Waals surface area contributed by atoms with Crippen molar-refractivity contribution < 1.29 is 4.74 Å². The Morgan fingerprint density at radius 1 is 1.33 bits per heavy atom. The third-order valence-corrected chi connectivity index (χ3v) is 2.91. The Balaban J connectivity index is 2.93. The fraction of sp³-hybridized carbons (Fsp3) is 0.692. The minimum atomic E-state index is 0.168. The van der Waals surface area contributed by atoms with E-state index in [0.29, 0.717) is 5.95 Å². The van der Waals surface area contributed by atoms with Gasteiger partial charge in [-0.05, 0) is 27.2 Å². The maximum Gasteiger partial charge on any atom is 0.222 e. The summed E-state index contributed by atoms with van der Waals surface area (Å²) in [4.78, 5) is 10.7. The molecule has 0 aliphatic carbocycles. The van der Waals surface area contributed by atoms with Gasteiger partial charge in [-0.1, -0.05) is 6.92 Å². The summed E-state index contributed by atoms with van der Waals surface area (Å²) < 4.78 is 5.55. The Morgan fingerprint density at radius 3 is 2.56 bits per heavy atom. The van der Waals surface area contributed by atoms with Crippen LogP contribution in [0.1, 0.15) is 32.0 Å². The van der Waals surface area contributed by atoms with Crippen molar-refractivity contribution in [2.45, 2.75) is 40.2 Å².